The van der Waals surface area contributed by atoms with Crippen LogP contribution in [0.3, 0.4) is 0 Å². The van der Waals surface area contributed by atoms with E-state index in [9.17, 15) is 0 Å². The maximum Gasteiger partial charge on any atom is 0.0923 e. The largest absolute Gasteiger partial charge is 0.351 e. The number of H-pyrrole nitrogens is 1. The zero-order valence-electron chi connectivity index (χ0n) is 7.28. The molecule has 0 aliphatic carbocycles. The van der Waals surface area contributed by atoms with Gasteiger partial charge in [0, 0.05) is 17.5 Å². The molecule has 2 rings (SSSR count). The number of rotatable bonds is 2. The molecule has 0 radical (unpaired) electrons. The predicted octanol–water partition coefficient (Wildman–Crippen LogP) is 2.79. The van der Waals surface area contributed by atoms with Crippen LogP contribution in [-0.4, -0.2) is 9.97 Å². The second kappa shape index (κ2) is 4.44. The Hall–Kier alpha value is -0.800. The molecule has 0 saturated heterocycles. The van der Waals surface area contributed by atoms with Gasteiger partial charge in [-0.25, -0.2) is 4.98 Å². The van der Waals surface area contributed by atoms with Gasteiger partial charge in [-0.2, -0.15) is 0 Å². The van der Waals surface area contributed by atoms with Crippen molar-refractivity contribution in [2.45, 2.75) is 13.3 Å². The van der Waals surface area contributed by atoms with E-state index in [0.717, 1.165) is 12.1 Å². The summed E-state index contributed by atoms with van der Waals surface area (Å²) in [5.74, 6) is 0. The van der Waals surface area contributed by atoms with Crippen LogP contribution >= 0.6 is 23.7 Å². The molecule has 70 valence electrons. The van der Waals surface area contributed by atoms with Crippen molar-refractivity contribution >= 4 is 23.7 Å². The Morgan fingerprint density at radius 1 is 1.54 bits per heavy atom. The van der Waals surface area contributed by atoms with Crippen molar-refractivity contribution in [1.82, 2.24) is 9.97 Å². The second-order valence-electron chi connectivity index (χ2n) is 2.76. The lowest BCUT2D eigenvalue weighted by molar-refractivity contribution is 1.12. The summed E-state index contributed by atoms with van der Waals surface area (Å²) in [5.41, 5.74) is 2.48. The van der Waals surface area contributed by atoms with Crippen molar-refractivity contribution in [2.24, 2.45) is 0 Å². The first-order chi connectivity index (χ1) is 5.86. The van der Waals surface area contributed by atoms with Gasteiger partial charge in [0.15, 0.2) is 0 Å². The number of aryl methyl sites for hydroxylation is 1. The summed E-state index contributed by atoms with van der Waals surface area (Å²) in [6.07, 6.45) is 4.62. The number of aromatic amines is 1. The topological polar surface area (TPSA) is 28.7 Å². The first-order valence-electron chi connectivity index (χ1n) is 3.87. The smallest absolute Gasteiger partial charge is 0.0923 e. The molecule has 0 spiro atoms. The number of halogens is 1. The lowest BCUT2D eigenvalue weighted by atomic mass is 10.2. The normalized spacial score (nSPS) is 9.62. The van der Waals surface area contributed by atoms with Crippen LogP contribution in [0, 0.1) is 6.92 Å². The van der Waals surface area contributed by atoms with Gasteiger partial charge < -0.3 is 4.98 Å². The summed E-state index contributed by atoms with van der Waals surface area (Å²) in [7, 11) is 0. The average Bonchev–Trinajstić information content (AvgIpc) is 2.65. The Balaban J connectivity index is 0.000000845. The third-order valence-corrected chi connectivity index (χ3v) is 2.89. The maximum absolute atomic E-state index is 4.18. The highest BCUT2D eigenvalue weighted by Gasteiger charge is 2.01. The molecule has 2 aromatic heterocycles. The SMILES string of the molecule is Cc1ccsc1Cc1c[nH]cn1.Cl. The highest BCUT2D eigenvalue weighted by Crippen LogP contribution is 2.18. The van der Waals surface area contributed by atoms with Crippen LogP contribution in [-0.2, 0) is 6.42 Å². The molecule has 0 unspecified atom stereocenters. The minimum absolute atomic E-state index is 0. The van der Waals surface area contributed by atoms with E-state index in [1.54, 1.807) is 17.7 Å². The fourth-order valence-electron chi connectivity index (χ4n) is 1.14. The number of imidazole rings is 1. The van der Waals surface area contributed by atoms with Crippen LogP contribution in [0.2, 0.25) is 0 Å². The van der Waals surface area contributed by atoms with Gasteiger partial charge in [-0.05, 0) is 23.9 Å². The summed E-state index contributed by atoms with van der Waals surface area (Å²) >= 11 is 1.79. The van der Waals surface area contributed by atoms with Gasteiger partial charge in [0.25, 0.3) is 0 Å². The summed E-state index contributed by atoms with van der Waals surface area (Å²) in [6, 6.07) is 2.15. The molecule has 2 nitrogen and oxygen atoms in total. The van der Waals surface area contributed by atoms with Crippen molar-refractivity contribution in [3.8, 4) is 0 Å². The first kappa shape index (κ1) is 10.3. The van der Waals surface area contributed by atoms with Gasteiger partial charge in [-0.15, -0.1) is 23.7 Å². The molecule has 1 N–H and O–H groups in total. The van der Waals surface area contributed by atoms with E-state index in [1.165, 1.54) is 10.4 Å². The minimum atomic E-state index is 0. The number of hydrogen-bond donors (Lipinski definition) is 1. The minimum Gasteiger partial charge on any atom is -0.351 e. The van der Waals surface area contributed by atoms with Crippen molar-refractivity contribution in [1.29, 1.82) is 0 Å². The highest BCUT2D eigenvalue weighted by molar-refractivity contribution is 7.10. The number of aromatic nitrogens is 2. The standard InChI is InChI=1S/C9H10N2S.ClH/c1-7-2-3-12-9(7)4-8-5-10-6-11-8;/h2-3,5-6H,4H2,1H3,(H,10,11);1H. The van der Waals surface area contributed by atoms with Crippen LogP contribution in [0.4, 0.5) is 0 Å². The van der Waals surface area contributed by atoms with Gasteiger partial charge >= 0.3 is 0 Å². The van der Waals surface area contributed by atoms with Gasteiger partial charge in [0.1, 0.15) is 0 Å². The Labute approximate surface area is 87.4 Å². The Bertz CT molecular complexity index is 353. The van der Waals surface area contributed by atoms with Crippen molar-refractivity contribution in [2.75, 3.05) is 0 Å². The van der Waals surface area contributed by atoms with Crippen LogP contribution < -0.4 is 0 Å². The molecule has 13 heavy (non-hydrogen) atoms. The Morgan fingerprint density at radius 2 is 2.38 bits per heavy atom. The summed E-state index contributed by atoms with van der Waals surface area (Å²) < 4.78 is 0. The molecule has 0 aliphatic heterocycles. The lowest BCUT2D eigenvalue weighted by Gasteiger charge is -1.94. The van der Waals surface area contributed by atoms with Crippen LogP contribution in [0.25, 0.3) is 0 Å². The quantitative estimate of drug-likeness (QED) is 0.819. The van der Waals surface area contributed by atoms with Crippen molar-refractivity contribution < 1.29 is 0 Å². The van der Waals surface area contributed by atoms with E-state index in [-0.39, 0.29) is 12.4 Å². The van der Waals surface area contributed by atoms with Crippen LogP contribution in [0.1, 0.15) is 16.1 Å². The van der Waals surface area contributed by atoms with E-state index >= 15 is 0 Å². The number of hydrogen-bond acceptors (Lipinski definition) is 2. The summed E-state index contributed by atoms with van der Waals surface area (Å²) in [4.78, 5) is 8.54. The molecule has 0 aromatic carbocycles. The van der Waals surface area contributed by atoms with Gasteiger partial charge in [0.05, 0.1) is 12.0 Å². The Kier molecular flexibility index (Phi) is 3.51. The molecule has 0 bridgehead atoms. The van der Waals surface area contributed by atoms with E-state index in [4.69, 9.17) is 0 Å². The molecule has 0 atom stereocenters. The zero-order chi connectivity index (χ0) is 8.39. The fraction of sp³-hybridized carbons (Fsp3) is 0.222. The first-order valence-corrected chi connectivity index (χ1v) is 4.75. The zero-order valence-corrected chi connectivity index (χ0v) is 8.91. The van der Waals surface area contributed by atoms with E-state index in [2.05, 4.69) is 28.3 Å². The number of nitrogens with one attached hydrogen (secondary N) is 1. The van der Waals surface area contributed by atoms with Crippen molar-refractivity contribution in [3.63, 3.8) is 0 Å². The predicted molar refractivity (Wildman–Crippen MR) is 57.7 cm³/mol. The van der Waals surface area contributed by atoms with E-state index in [0.29, 0.717) is 0 Å². The molecule has 0 fully saturated rings. The monoisotopic (exact) mass is 214 g/mol. The molecule has 0 amide bonds. The number of nitrogens with zero attached hydrogens (tertiary/aromatic N) is 1. The maximum atomic E-state index is 4.18. The fourth-order valence-corrected chi connectivity index (χ4v) is 2.06. The third kappa shape index (κ3) is 2.32. The van der Waals surface area contributed by atoms with E-state index < -0.39 is 0 Å². The summed E-state index contributed by atoms with van der Waals surface area (Å²) in [6.45, 7) is 2.14. The van der Waals surface area contributed by atoms with Gasteiger partial charge in [0.2, 0.25) is 0 Å². The van der Waals surface area contributed by atoms with E-state index in [1.807, 2.05) is 6.20 Å². The molecular formula is C9H11ClN2S. The van der Waals surface area contributed by atoms with Crippen molar-refractivity contribution in [3.05, 3.63) is 40.1 Å². The van der Waals surface area contributed by atoms with Gasteiger partial charge in [-0.1, -0.05) is 0 Å². The average molecular weight is 215 g/mol. The summed E-state index contributed by atoms with van der Waals surface area (Å²) in [5, 5.41) is 2.12. The second-order valence-corrected chi connectivity index (χ2v) is 3.76. The van der Waals surface area contributed by atoms with Crippen LogP contribution in [0.15, 0.2) is 24.0 Å². The molecular weight excluding hydrogens is 204 g/mol. The Morgan fingerprint density at radius 3 is 2.92 bits per heavy atom. The molecule has 2 heterocycles. The molecule has 0 saturated carbocycles. The highest BCUT2D eigenvalue weighted by atomic mass is 35.5. The molecule has 2 aromatic rings. The third-order valence-electron chi connectivity index (χ3n) is 1.86. The molecule has 0 aliphatic rings. The van der Waals surface area contributed by atoms with Crippen LogP contribution in [0.5, 0.6) is 0 Å². The number of thiophene rings is 1. The molecule has 4 heteroatoms. The lowest BCUT2D eigenvalue weighted by Crippen LogP contribution is -1.85. The van der Waals surface area contributed by atoms with Gasteiger partial charge in [-0.3, -0.25) is 0 Å².